The molecular formula is C14H23N3O2S. The maximum Gasteiger partial charge on any atom is 0.240 e. The lowest BCUT2D eigenvalue weighted by Crippen LogP contribution is -2.39. The number of benzene rings is 1. The highest BCUT2D eigenvalue weighted by Gasteiger charge is 2.13. The van der Waals surface area contributed by atoms with Gasteiger partial charge in [-0.3, -0.25) is 0 Å². The minimum atomic E-state index is -3.35. The molecule has 0 aromatic heterocycles. The van der Waals surface area contributed by atoms with E-state index in [1.54, 1.807) is 19.1 Å². The molecule has 112 valence electrons. The fourth-order valence-electron chi connectivity index (χ4n) is 2.36. The van der Waals surface area contributed by atoms with Crippen molar-refractivity contribution in [2.24, 2.45) is 0 Å². The number of hydrogen-bond acceptors (Lipinski definition) is 4. The first-order valence-electron chi connectivity index (χ1n) is 7.19. The van der Waals surface area contributed by atoms with Crippen LogP contribution in [0.4, 0.5) is 5.69 Å². The summed E-state index contributed by atoms with van der Waals surface area (Å²) in [7, 11) is -3.35. The number of rotatable bonds is 6. The second kappa shape index (κ2) is 7.06. The minimum Gasteiger partial charge on any atom is -0.383 e. The number of piperidine rings is 1. The molecule has 1 heterocycles. The van der Waals surface area contributed by atoms with Crippen LogP contribution in [0.5, 0.6) is 0 Å². The Kier molecular flexibility index (Phi) is 5.39. The summed E-state index contributed by atoms with van der Waals surface area (Å²) in [5, 5.41) is 6.82. The molecule has 1 aliphatic heterocycles. The lowest BCUT2D eigenvalue weighted by molar-refractivity contribution is 0.414. The molecule has 1 unspecified atom stereocenters. The van der Waals surface area contributed by atoms with Gasteiger partial charge >= 0.3 is 0 Å². The molecule has 2 rings (SSSR count). The van der Waals surface area contributed by atoms with E-state index in [1.807, 2.05) is 12.1 Å². The van der Waals surface area contributed by atoms with Crippen LogP contribution in [0.15, 0.2) is 29.2 Å². The van der Waals surface area contributed by atoms with Gasteiger partial charge < -0.3 is 10.6 Å². The summed E-state index contributed by atoms with van der Waals surface area (Å²) in [6.07, 6.45) is 3.73. The highest BCUT2D eigenvalue weighted by atomic mass is 32.2. The average Bonchev–Trinajstić information content (AvgIpc) is 2.47. The molecule has 0 radical (unpaired) electrons. The van der Waals surface area contributed by atoms with E-state index in [9.17, 15) is 8.42 Å². The van der Waals surface area contributed by atoms with Crippen LogP contribution in [-0.4, -0.2) is 34.1 Å². The van der Waals surface area contributed by atoms with Gasteiger partial charge in [-0.25, -0.2) is 13.1 Å². The van der Waals surface area contributed by atoms with Crippen LogP contribution in [-0.2, 0) is 10.0 Å². The number of sulfonamides is 1. The standard InChI is InChI=1S/C14H23N3O2S/c1-2-17-20(18,19)14-8-6-12(7-9-14)16-11-13-5-3-4-10-15-13/h6-9,13,15-17H,2-5,10-11H2,1H3. The first kappa shape index (κ1) is 15.3. The van der Waals surface area contributed by atoms with Crippen LogP contribution in [0.25, 0.3) is 0 Å². The van der Waals surface area contributed by atoms with Gasteiger partial charge in [0.2, 0.25) is 10.0 Å². The van der Waals surface area contributed by atoms with Gasteiger partial charge in [-0.1, -0.05) is 13.3 Å². The Morgan fingerprint density at radius 1 is 1.25 bits per heavy atom. The van der Waals surface area contributed by atoms with Gasteiger partial charge in [0.25, 0.3) is 0 Å². The second-order valence-electron chi connectivity index (χ2n) is 5.05. The molecule has 1 fully saturated rings. The summed E-state index contributed by atoms with van der Waals surface area (Å²) in [6, 6.07) is 7.40. The van der Waals surface area contributed by atoms with Gasteiger partial charge in [-0.05, 0) is 43.7 Å². The van der Waals surface area contributed by atoms with Gasteiger partial charge in [-0.2, -0.15) is 0 Å². The van der Waals surface area contributed by atoms with Crippen LogP contribution in [0.1, 0.15) is 26.2 Å². The molecule has 0 saturated carbocycles. The molecule has 0 bridgehead atoms. The molecule has 1 aromatic rings. The Balaban J connectivity index is 1.91. The molecule has 1 saturated heterocycles. The van der Waals surface area contributed by atoms with Crippen LogP contribution in [0, 0.1) is 0 Å². The fraction of sp³-hybridized carbons (Fsp3) is 0.571. The zero-order valence-electron chi connectivity index (χ0n) is 11.9. The predicted octanol–water partition coefficient (Wildman–Crippen LogP) is 1.54. The molecule has 20 heavy (non-hydrogen) atoms. The van der Waals surface area contributed by atoms with Crippen LogP contribution >= 0.6 is 0 Å². The van der Waals surface area contributed by atoms with Gasteiger partial charge in [0, 0.05) is 24.8 Å². The van der Waals surface area contributed by atoms with Gasteiger partial charge in [-0.15, -0.1) is 0 Å². The zero-order chi connectivity index (χ0) is 14.4. The molecular weight excluding hydrogens is 274 g/mol. The smallest absolute Gasteiger partial charge is 0.240 e. The van der Waals surface area contributed by atoms with Crippen molar-refractivity contribution in [2.45, 2.75) is 37.1 Å². The lowest BCUT2D eigenvalue weighted by Gasteiger charge is -2.24. The lowest BCUT2D eigenvalue weighted by atomic mass is 10.1. The van der Waals surface area contributed by atoms with Crippen molar-refractivity contribution >= 4 is 15.7 Å². The first-order chi connectivity index (χ1) is 9.62. The van der Waals surface area contributed by atoms with Crippen molar-refractivity contribution in [3.63, 3.8) is 0 Å². The third-order valence-corrected chi connectivity index (χ3v) is 5.03. The average molecular weight is 297 g/mol. The van der Waals surface area contributed by atoms with Crippen LogP contribution in [0.3, 0.4) is 0 Å². The molecule has 1 aliphatic rings. The normalized spacial score (nSPS) is 19.8. The third kappa shape index (κ3) is 4.19. The maximum absolute atomic E-state index is 11.8. The van der Waals surface area contributed by atoms with Crippen molar-refractivity contribution in [2.75, 3.05) is 25.0 Å². The fourth-order valence-corrected chi connectivity index (χ4v) is 3.41. The Morgan fingerprint density at radius 2 is 2.00 bits per heavy atom. The van der Waals surface area contributed by atoms with Crippen molar-refractivity contribution < 1.29 is 8.42 Å². The third-order valence-electron chi connectivity index (χ3n) is 3.46. The predicted molar refractivity (Wildman–Crippen MR) is 81.4 cm³/mol. The van der Waals surface area contributed by atoms with E-state index in [0.29, 0.717) is 17.5 Å². The zero-order valence-corrected chi connectivity index (χ0v) is 12.7. The van der Waals surface area contributed by atoms with Crippen molar-refractivity contribution in [3.05, 3.63) is 24.3 Å². The van der Waals surface area contributed by atoms with E-state index in [0.717, 1.165) is 18.8 Å². The maximum atomic E-state index is 11.8. The SMILES string of the molecule is CCNS(=O)(=O)c1ccc(NCC2CCCCN2)cc1. The highest BCUT2D eigenvalue weighted by molar-refractivity contribution is 7.89. The van der Waals surface area contributed by atoms with E-state index >= 15 is 0 Å². The summed E-state index contributed by atoms with van der Waals surface area (Å²) in [5.41, 5.74) is 0.952. The molecule has 0 amide bonds. The largest absolute Gasteiger partial charge is 0.383 e. The molecule has 0 aliphatic carbocycles. The topological polar surface area (TPSA) is 70.2 Å². The van der Waals surface area contributed by atoms with Crippen molar-refractivity contribution in [1.29, 1.82) is 0 Å². The Hall–Kier alpha value is -1.11. The van der Waals surface area contributed by atoms with Gasteiger partial charge in [0.15, 0.2) is 0 Å². The number of anilines is 1. The highest BCUT2D eigenvalue weighted by Crippen LogP contribution is 2.15. The number of hydrogen-bond donors (Lipinski definition) is 3. The Labute approximate surface area is 121 Å². The van der Waals surface area contributed by atoms with E-state index < -0.39 is 10.0 Å². The molecule has 1 aromatic carbocycles. The summed E-state index contributed by atoms with van der Waals surface area (Å²) in [6.45, 7) is 4.13. The van der Waals surface area contributed by atoms with Crippen molar-refractivity contribution in [3.8, 4) is 0 Å². The minimum absolute atomic E-state index is 0.306. The summed E-state index contributed by atoms with van der Waals surface area (Å²) < 4.78 is 26.1. The van der Waals surface area contributed by atoms with Crippen LogP contribution in [0.2, 0.25) is 0 Å². The van der Waals surface area contributed by atoms with E-state index in [-0.39, 0.29) is 0 Å². The van der Waals surface area contributed by atoms with E-state index in [4.69, 9.17) is 0 Å². The van der Waals surface area contributed by atoms with Gasteiger partial charge in [0.1, 0.15) is 0 Å². The monoisotopic (exact) mass is 297 g/mol. The first-order valence-corrected chi connectivity index (χ1v) is 8.67. The summed E-state index contributed by atoms with van der Waals surface area (Å²) >= 11 is 0. The van der Waals surface area contributed by atoms with Gasteiger partial charge in [0.05, 0.1) is 4.90 Å². The molecule has 0 spiro atoms. The van der Waals surface area contributed by atoms with E-state index in [1.165, 1.54) is 19.3 Å². The molecule has 5 nitrogen and oxygen atoms in total. The molecule has 1 atom stereocenters. The Bertz CT molecular complexity index is 508. The quantitative estimate of drug-likeness (QED) is 0.745. The molecule has 6 heteroatoms. The Morgan fingerprint density at radius 3 is 2.60 bits per heavy atom. The van der Waals surface area contributed by atoms with Crippen LogP contribution < -0.4 is 15.4 Å². The number of nitrogens with one attached hydrogen (secondary N) is 3. The molecule has 3 N–H and O–H groups in total. The summed E-state index contributed by atoms with van der Waals surface area (Å²) in [5.74, 6) is 0. The van der Waals surface area contributed by atoms with E-state index in [2.05, 4.69) is 15.4 Å². The second-order valence-corrected chi connectivity index (χ2v) is 6.82. The summed E-state index contributed by atoms with van der Waals surface area (Å²) in [4.78, 5) is 0.306. The van der Waals surface area contributed by atoms with Crippen molar-refractivity contribution in [1.82, 2.24) is 10.0 Å².